The molecule has 1 fully saturated rings. The molecule has 0 atom stereocenters. The first kappa shape index (κ1) is 22.1. The summed E-state index contributed by atoms with van der Waals surface area (Å²) >= 11 is 0. The zero-order valence-electron chi connectivity index (χ0n) is 19.9. The molecule has 0 N–H and O–H groups in total. The van der Waals surface area contributed by atoms with Crippen LogP contribution >= 0.6 is 0 Å². The van der Waals surface area contributed by atoms with Gasteiger partial charge in [-0.25, -0.2) is 4.68 Å². The number of aryl methyl sites for hydroxylation is 1. The number of aromatic nitrogens is 6. The number of benzene rings is 2. The van der Waals surface area contributed by atoms with E-state index in [1.54, 1.807) is 23.1 Å². The minimum atomic E-state index is -0.276. The van der Waals surface area contributed by atoms with Gasteiger partial charge in [0.1, 0.15) is 13.2 Å². The molecule has 0 saturated heterocycles. The van der Waals surface area contributed by atoms with E-state index in [0.29, 0.717) is 23.3 Å². The van der Waals surface area contributed by atoms with E-state index < -0.39 is 0 Å². The van der Waals surface area contributed by atoms with E-state index in [2.05, 4.69) is 15.2 Å². The molecule has 1 aliphatic carbocycles. The Morgan fingerprint density at radius 3 is 2.56 bits per heavy atom. The first-order valence-electron chi connectivity index (χ1n) is 12.1. The summed E-state index contributed by atoms with van der Waals surface area (Å²) in [6.07, 6.45) is 5.72. The maximum Gasteiger partial charge on any atom is 0.297 e. The number of ether oxygens (including phenoxy) is 2. The van der Waals surface area contributed by atoms with Gasteiger partial charge in [0.15, 0.2) is 11.4 Å². The van der Waals surface area contributed by atoms with Crippen molar-refractivity contribution in [2.24, 2.45) is 13.0 Å². The minimum Gasteiger partial charge on any atom is -0.484 e. The Hall–Kier alpha value is -4.40. The van der Waals surface area contributed by atoms with Gasteiger partial charge in [-0.15, -0.1) is 0 Å². The molecule has 0 unspecified atom stereocenters. The van der Waals surface area contributed by atoms with Gasteiger partial charge < -0.3 is 9.47 Å². The van der Waals surface area contributed by atoms with Gasteiger partial charge in [0, 0.05) is 13.6 Å². The first-order valence-corrected chi connectivity index (χ1v) is 12.1. The highest BCUT2D eigenvalue weighted by molar-refractivity contribution is 5.76. The van der Waals surface area contributed by atoms with E-state index in [9.17, 15) is 4.79 Å². The lowest BCUT2D eigenvalue weighted by Crippen LogP contribution is -2.21. The van der Waals surface area contributed by atoms with Crippen molar-refractivity contribution >= 4 is 11.0 Å². The zero-order valence-corrected chi connectivity index (χ0v) is 19.9. The topological polar surface area (TPSA) is 89.0 Å². The molecule has 182 valence electrons. The van der Waals surface area contributed by atoms with Crippen LogP contribution in [0.3, 0.4) is 0 Å². The quantitative estimate of drug-likeness (QED) is 0.297. The van der Waals surface area contributed by atoms with Crippen LogP contribution in [0.1, 0.15) is 12.8 Å². The number of fused-ring (bicyclic) bond motifs is 1. The Kier molecular flexibility index (Phi) is 5.73. The van der Waals surface area contributed by atoms with Crippen LogP contribution in [0.15, 0.2) is 77.9 Å². The predicted molar refractivity (Wildman–Crippen MR) is 135 cm³/mol. The molecule has 0 amide bonds. The fourth-order valence-electron chi connectivity index (χ4n) is 4.24. The highest BCUT2D eigenvalue weighted by atomic mass is 16.5. The Labute approximate surface area is 207 Å². The summed E-state index contributed by atoms with van der Waals surface area (Å²) in [5.41, 5.74) is 3.37. The lowest BCUT2D eigenvalue weighted by atomic mass is 10.2. The average Bonchev–Trinajstić information content (AvgIpc) is 3.48. The summed E-state index contributed by atoms with van der Waals surface area (Å²) in [7, 11) is 1.91. The van der Waals surface area contributed by atoms with Crippen molar-refractivity contribution < 1.29 is 9.47 Å². The van der Waals surface area contributed by atoms with Crippen LogP contribution in [-0.2, 0) is 13.6 Å². The fraction of sp³-hybridized carbons (Fsp3) is 0.259. The third-order valence-electron chi connectivity index (χ3n) is 6.28. The van der Waals surface area contributed by atoms with Crippen LogP contribution < -0.4 is 14.9 Å². The maximum absolute atomic E-state index is 13.4. The van der Waals surface area contributed by atoms with Crippen LogP contribution in [-0.4, -0.2) is 42.3 Å². The van der Waals surface area contributed by atoms with E-state index in [-0.39, 0.29) is 24.4 Å². The van der Waals surface area contributed by atoms with E-state index in [1.807, 2.05) is 70.9 Å². The Bertz CT molecular complexity index is 1570. The number of para-hydroxylation sites is 3. The first-order chi connectivity index (χ1) is 17.7. The molecule has 9 nitrogen and oxygen atoms in total. The SMILES string of the molecule is Cn1c(OCCOc2cn(CC3CC3)nc(-c3ccnn3-c3ccccc3)c2=O)nc2ccccc21. The Morgan fingerprint density at radius 2 is 1.75 bits per heavy atom. The molecule has 3 aromatic heterocycles. The number of nitrogens with zero attached hydrogens (tertiary/aromatic N) is 6. The normalized spacial score (nSPS) is 13.2. The molecule has 0 bridgehead atoms. The standard InChI is InChI=1S/C27H26N6O3/c1-31-22-10-6-5-9-21(22)29-27(31)36-16-15-35-24-18-32(17-19-11-12-19)30-25(26(24)34)23-13-14-28-33(23)20-7-3-2-4-8-20/h2-10,13-14,18-19H,11-12,15-17H2,1H3. The summed E-state index contributed by atoms with van der Waals surface area (Å²) in [5, 5.41) is 9.10. The van der Waals surface area contributed by atoms with Gasteiger partial charge in [-0.1, -0.05) is 30.3 Å². The highest BCUT2D eigenvalue weighted by Gasteiger charge is 2.24. The third kappa shape index (κ3) is 4.35. The van der Waals surface area contributed by atoms with Gasteiger partial charge in [-0.2, -0.15) is 15.2 Å². The van der Waals surface area contributed by atoms with Gasteiger partial charge in [-0.3, -0.25) is 14.0 Å². The maximum atomic E-state index is 13.4. The third-order valence-corrected chi connectivity index (χ3v) is 6.28. The molecule has 3 heterocycles. The van der Waals surface area contributed by atoms with E-state index in [0.717, 1.165) is 23.3 Å². The number of hydrogen-bond acceptors (Lipinski definition) is 6. The molecule has 1 saturated carbocycles. The molecule has 5 aromatic rings. The van der Waals surface area contributed by atoms with Crippen LogP contribution in [0.4, 0.5) is 0 Å². The molecule has 36 heavy (non-hydrogen) atoms. The smallest absolute Gasteiger partial charge is 0.297 e. The van der Waals surface area contributed by atoms with Crippen LogP contribution in [0, 0.1) is 5.92 Å². The van der Waals surface area contributed by atoms with Gasteiger partial charge in [0.05, 0.1) is 34.8 Å². The molecule has 0 spiro atoms. The van der Waals surface area contributed by atoms with E-state index in [1.165, 1.54) is 12.8 Å². The summed E-state index contributed by atoms with van der Waals surface area (Å²) in [6.45, 7) is 1.20. The van der Waals surface area contributed by atoms with Gasteiger partial charge in [0.2, 0.25) is 0 Å². The second-order valence-electron chi connectivity index (χ2n) is 8.94. The summed E-state index contributed by atoms with van der Waals surface area (Å²) in [6, 6.07) is 19.9. The molecule has 0 aliphatic heterocycles. The van der Waals surface area contributed by atoms with E-state index >= 15 is 0 Å². The summed E-state index contributed by atoms with van der Waals surface area (Å²) in [5.74, 6) is 0.829. The predicted octanol–water partition coefficient (Wildman–Crippen LogP) is 3.85. The lowest BCUT2D eigenvalue weighted by Gasteiger charge is -2.13. The monoisotopic (exact) mass is 482 g/mol. The number of hydrogen-bond donors (Lipinski definition) is 0. The van der Waals surface area contributed by atoms with Gasteiger partial charge in [0.25, 0.3) is 11.4 Å². The average molecular weight is 483 g/mol. The number of imidazole rings is 1. The molecule has 9 heteroatoms. The summed E-state index contributed by atoms with van der Waals surface area (Å²) < 4.78 is 17.2. The highest BCUT2D eigenvalue weighted by Crippen LogP contribution is 2.31. The van der Waals surface area contributed by atoms with Crippen LogP contribution in [0.5, 0.6) is 11.8 Å². The van der Waals surface area contributed by atoms with Crippen molar-refractivity contribution in [1.29, 1.82) is 0 Å². The Morgan fingerprint density at radius 1 is 0.972 bits per heavy atom. The largest absolute Gasteiger partial charge is 0.484 e. The second-order valence-corrected chi connectivity index (χ2v) is 8.94. The molecule has 1 aliphatic rings. The van der Waals surface area contributed by atoms with Crippen molar-refractivity contribution in [2.75, 3.05) is 13.2 Å². The van der Waals surface area contributed by atoms with Crippen molar-refractivity contribution in [3.63, 3.8) is 0 Å². The lowest BCUT2D eigenvalue weighted by molar-refractivity contribution is 0.200. The van der Waals surface area contributed by atoms with Crippen molar-refractivity contribution in [3.05, 3.63) is 83.3 Å². The molecular formula is C27H26N6O3. The van der Waals surface area contributed by atoms with Crippen molar-refractivity contribution in [3.8, 4) is 28.8 Å². The zero-order chi connectivity index (χ0) is 24.5. The van der Waals surface area contributed by atoms with Gasteiger partial charge in [-0.05, 0) is 49.1 Å². The molecule has 0 radical (unpaired) electrons. The van der Waals surface area contributed by atoms with Gasteiger partial charge >= 0.3 is 0 Å². The minimum absolute atomic E-state index is 0.198. The van der Waals surface area contributed by atoms with Crippen LogP contribution in [0.25, 0.3) is 28.1 Å². The Balaban J connectivity index is 1.25. The molecule has 2 aromatic carbocycles. The number of rotatable bonds is 9. The summed E-state index contributed by atoms with van der Waals surface area (Å²) in [4.78, 5) is 18.0. The van der Waals surface area contributed by atoms with Crippen LogP contribution in [0.2, 0.25) is 0 Å². The second kappa shape index (κ2) is 9.33. The van der Waals surface area contributed by atoms with Crippen molar-refractivity contribution in [1.82, 2.24) is 29.1 Å². The fourth-order valence-corrected chi connectivity index (χ4v) is 4.24. The van der Waals surface area contributed by atoms with Crippen molar-refractivity contribution in [2.45, 2.75) is 19.4 Å². The molecular weight excluding hydrogens is 456 g/mol. The van der Waals surface area contributed by atoms with E-state index in [4.69, 9.17) is 9.47 Å². The molecule has 6 rings (SSSR count).